The largest absolute Gasteiger partial charge is 0.361 e. The molecule has 0 bridgehead atoms. The number of fused-ring (bicyclic) bond motifs is 1. The summed E-state index contributed by atoms with van der Waals surface area (Å²) in [6, 6.07) is 8.86. The van der Waals surface area contributed by atoms with Gasteiger partial charge in [-0.3, -0.25) is 0 Å². The fraction of sp³-hybridized carbons (Fsp3) is 0.500. The van der Waals surface area contributed by atoms with Gasteiger partial charge in [-0.2, -0.15) is 0 Å². The number of nitrogens with zero attached hydrogens (tertiary/aromatic N) is 1. The van der Waals surface area contributed by atoms with Gasteiger partial charge in [-0.05, 0) is 44.1 Å². The lowest BCUT2D eigenvalue weighted by Crippen LogP contribution is -2.31. The van der Waals surface area contributed by atoms with E-state index in [1.54, 1.807) is 0 Å². The second-order valence-corrected chi connectivity index (χ2v) is 6.34. The minimum absolute atomic E-state index is 0.146. The van der Waals surface area contributed by atoms with E-state index in [0.29, 0.717) is 12.6 Å². The number of H-pyrrole nitrogens is 1. The molecule has 1 heterocycles. The van der Waals surface area contributed by atoms with E-state index in [1.165, 1.54) is 16.5 Å². The molecule has 1 unspecified atom stereocenters. The summed E-state index contributed by atoms with van der Waals surface area (Å²) in [7, 11) is 4.28. The molecule has 0 aliphatic heterocycles. The first-order chi connectivity index (χ1) is 8.94. The Hall–Kier alpha value is -1.32. The van der Waals surface area contributed by atoms with Crippen LogP contribution in [-0.2, 0) is 0 Å². The molecule has 104 valence electrons. The van der Waals surface area contributed by atoms with Crippen molar-refractivity contribution in [3.63, 3.8) is 0 Å². The second kappa shape index (κ2) is 5.35. The second-order valence-electron chi connectivity index (χ2n) is 6.34. The van der Waals surface area contributed by atoms with Gasteiger partial charge in [-0.15, -0.1) is 0 Å². The fourth-order valence-corrected chi connectivity index (χ4v) is 2.55. The molecule has 3 N–H and O–H groups in total. The summed E-state index contributed by atoms with van der Waals surface area (Å²) in [5, 5.41) is 1.31. The number of nitrogens with one attached hydrogen (secondary N) is 1. The van der Waals surface area contributed by atoms with Gasteiger partial charge in [0.05, 0.1) is 0 Å². The lowest BCUT2D eigenvalue weighted by Gasteiger charge is -2.32. The number of rotatable bonds is 5. The van der Waals surface area contributed by atoms with Crippen LogP contribution in [0.2, 0.25) is 0 Å². The molecular formula is C16H25N3. The van der Waals surface area contributed by atoms with Crippen molar-refractivity contribution in [2.75, 3.05) is 20.6 Å². The van der Waals surface area contributed by atoms with E-state index in [0.717, 1.165) is 6.42 Å². The van der Waals surface area contributed by atoms with Crippen LogP contribution in [0.25, 0.3) is 10.9 Å². The van der Waals surface area contributed by atoms with Gasteiger partial charge in [0.2, 0.25) is 0 Å². The maximum Gasteiger partial charge on any atom is 0.0457 e. The molecule has 0 aliphatic rings. The lowest BCUT2D eigenvalue weighted by atomic mass is 9.83. The van der Waals surface area contributed by atoms with Crippen LogP contribution in [0, 0.1) is 5.41 Å². The molecule has 1 aromatic carbocycles. The summed E-state index contributed by atoms with van der Waals surface area (Å²) in [5.74, 6) is 0. The molecule has 1 aromatic heterocycles. The third kappa shape index (κ3) is 2.99. The number of benzene rings is 1. The highest BCUT2D eigenvalue weighted by Gasteiger charge is 2.26. The number of hydrogen-bond donors (Lipinski definition) is 2. The van der Waals surface area contributed by atoms with Gasteiger partial charge >= 0.3 is 0 Å². The van der Waals surface area contributed by atoms with Crippen LogP contribution in [0.15, 0.2) is 30.5 Å². The Morgan fingerprint density at radius 3 is 2.58 bits per heavy atom. The van der Waals surface area contributed by atoms with E-state index in [4.69, 9.17) is 5.73 Å². The molecule has 0 amide bonds. The summed E-state index contributed by atoms with van der Waals surface area (Å²) < 4.78 is 0. The zero-order chi connectivity index (χ0) is 14.0. The Kier molecular flexibility index (Phi) is 3.97. The average molecular weight is 259 g/mol. The van der Waals surface area contributed by atoms with Crippen LogP contribution in [0.1, 0.15) is 31.9 Å². The Labute approximate surface area is 115 Å². The smallest absolute Gasteiger partial charge is 0.0457 e. The molecule has 0 saturated heterocycles. The van der Waals surface area contributed by atoms with Crippen molar-refractivity contribution in [3.8, 4) is 0 Å². The Bertz CT molecular complexity index is 540. The molecule has 0 fully saturated rings. The summed E-state index contributed by atoms with van der Waals surface area (Å²) in [4.78, 5) is 5.65. The quantitative estimate of drug-likeness (QED) is 0.866. The third-order valence-electron chi connectivity index (χ3n) is 3.90. The number of hydrogen-bond acceptors (Lipinski definition) is 2. The number of aromatic nitrogens is 1. The predicted molar refractivity (Wildman–Crippen MR) is 82.2 cm³/mol. The van der Waals surface area contributed by atoms with Gasteiger partial charge < -0.3 is 15.6 Å². The summed E-state index contributed by atoms with van der Waals surface area (Å²) >= 11 is 0. The summed E-state index contributed by atoms with van der Waals surface area (Å²) in [6.07, 6.45) is 3.19. The maximum atomic E-state index is 5.89. The van der Waals surface area contributed by atoms with Crippen molar-refractivity contribution in [2.24, 2.45) is 11.1 Å². The highest BCUT2D eigenvalue weighted by molar-refractivity contribution is 5.83. The zero-order valence-electron chi connectivity index (χ0n) is 12.4. The molecule has 3 heteroatoms. The first-order valence-electron chi connectivity index (χ1n) is 6.87. The topological polar surface area (TPSA) is 45.0 Å². The van der Waals surface area contributed by atoms with E-state index in [-0.39, 0.29) is 5.41 Å². The number of para-hydroxylation sites is 1. The molecule has 0 spiro atoms. The van der Waals surface area contributed by atoms with Gasteiger partial charge in [0.15, 0.2) is 0 Å². The molecular weight excluding hydrogens is 234 g/mol. The standard InChI is InChI=1S/C16H25N3/c1-16(2,11-17)9-15(19(3)4)13-10-18-14-8-6-5-7-12(13)14/h5-8,10,15,18H,9,11,17H2,1-4H3. The lowest BCUT2D eigenvalue weighted by molar-refractivity contribution is 0.204. The minimum atomic E-state index is 0.146. The average Bonchev–Trinajstić information content (AvgIpc) is 2.79. The Morgan fingerprint density at radius 2 is 1.95 bits per heavy atom. The number of aromatic amines is 1. The highest BCUT2D eigenvalue weighted by atomic mass is 15.1. The van der Waals surface area contributed by atoms with Crippen LogP contribution in [0.5, 0.6) is 0 Å². The van der Waals surface area contributed by atoms with Crippen LogP contribution >= 0.6 is 0 Å². The predicted octanol–water partition coefficient (Wildman–Crippen LogP) is 3.15. The van der Waals surface area contributed by atoms with Crippen LogP contribution in [0.3, 0.4) is 0 Å². The molecule has 1 atom stereocenters. The Balaban J connectivity index is 2.39. The van der Waals surface area contributed by atoms with Crippen molar-refractivity contribution in [1.82, 2.24) is 9.88 Å². The van der Waals surface area contributed by atoms with Crippen LogP contribution < -0.4 is 5.73 Å². The first kappa shape index (κ1) is 14.1. The van der Waals surface area contributed by atoms with Crippen LogP contribution in [-0.4, -0.2) is 30.5 Å². The summed E-state index contributed by atoms with van der Waals surface area (Å²) in [5.41, 5.74) is 8.61. The molecule has 19 heavy (non-hydrogen) atoms. The summed E-state index contributed by atoms with van der Waals surface area (Å²) in [6.45, 7) is 5.18. The minimum Gasteiger partial charge on any atom is -0.361 e. The maximum absolute atomic E-state index is 5.89. The van der Waals surface area contributed by atoms with Gasteiger partial charge in [-0.1, -0.05) is 32.0 Å². The van der Waals surface area contributed by atoms with E-state index < -0.39 is 0 Å². The van der Waals surface area contributed by atoms with Crippen molar-refractivity contribution in [3.05, 3.63) is 36.0 Å². The zero-order valence-corrected chi connectivity index (χ0v) is 12.4. The molecule has 2 aromatic rings. The van der Waals surface area contributed by atoms with Crippen LogP contribution in [0.4, 0.5) is 0 Å². The SMILES string of the molecule is CN(C)C(CC(C)(C)CN)c1c[nH]c2ccccc12. The molecule has 3 nitrogen and oxygen atoms in total. The van der Waals surface area contributed by atoms with Gasteiger partial charge in [0.1, 0.15) is 0 Å². The monoisotopic (exact) mass is 259 g/mol. The molecule has 2 rings (SSSR count). The Morgan fingerprint density at radius 1 is 1.26 bits per heavy atom. The van der Waals surface area contributed by atoms with E-state index in [1.807, 2.05) is 0 Å². The molecule has 0 aliphatic carbocycles. The van der Waals surface area contributed by atoms with Gasteiger partial charge in [-0.25, -0.2) is 0 Å². The van der Waals surface area contributed by atoms with Crippen molar-refractivity contribution in [2.45, 2.75) is 26.3 Å². The van der Waals surface area contributed by atoms with E-state index >= 15 is 0 Å². The van der Waals surface area contributed by atoms with Gasteiger partial charge in [0.25, 0.3) is 0 Å². The third-order valence-corrected chi connectivity index (χ3v) is 3.90. The van der Waals surface area contributed by atoms with Crippen molar-refractivity contribution in [1.29, 1.82) is 0 Å². The normalized spacial score (nSPS) is 14.2. The fourth-order valence-electron chi connectivity index (χ4n) is 2.55. The first-order valence-corrected chi connectivity index (χ1v) is 6.87. The molecule has 0 saturated carbocycles. The molecule has 0 radical (unpaired) electrons. The number of nitrogens with two attached hydrogens (primary N) is 1. The van der Waals surface area contributed by atoms with Crippen molar-refractivity contribution >= 4 is 10.9 Å². The van der Waals surface area contributed by atoms with Crippen molar-refractivity contribution < 1.29 is 0 Å². The van der Waals surface area contributed by atoms with Gasteiger partial charge in [0, 0.05) is 23.1 Å². The highest BCUT2D eigenvalue weighted by Crippen LogP contribution is 2.35. The van der Waals surface area contributed by atoms with E-state index in [9.17, 15) is 0 Å². The van der Waals surface area contributed by atoms with E-state index in [2.05, 4.69) is 68.3 Å².